The van der Waals surface area contributed by atoms with Crippen LogP contribution in [0.15, 0.2) is 24.3 Å². The molecule has 0 spiro atoms. The number of nitrogens with one attached hydrogen (secondary N) is 2. The molecule has 0 fully saturated rings. The predicted molar refractivity (Wildman–Crippen MR) is 74.8 cm³/mol. The molecular formula is C14H14N2O5. The van der Waals surface area contributed by atoms with Gasteiger partial charge in [-0.3, -0.25) is 4.79 Å². The van der Waals surface area contributed by atoms with Crippen LogP contribution in [0, 0.1) is 12.3 Å². The van der Waals surface area contributed by atoms with Gasteiger partial charge >= 0.3 is 18.0 Å². The van der Waals surface area contributed by atoms with Crippen molar-refractivity contribution < 1.29 is 24.6 Å². The molecule has 0 aromatic heterocycles. The van der Waals surface area contributed by atoms with Crippen molar-refractivity contribution in [1.82, 2.24) is 5.32 Å². The number of anilines is 1. The Labute approximate surface area is 121 Å². The van der Waals surface area contributed by atoms with Crippen molar-refractivity contribution in [3.63, 3.8) is 0 Å². The molecule has 0 aliphatic rings. The lowest BCUT2D eigenvalue weighted by Crippen LogP contribution is -2.43. The van der Waals surface area contributed by atoms with Crippen LogP contribution in [-0.4, -0.2) is 34.2 Å². The number of carbonyl (C=O) groups excluding carboxylic acids is 1. The molecule has 0 saturated carbocycles. The molecule has 4 N–H and O–H groups in total. The van der Waals surface area contributed by atoms with Crippen molar-refractivity contribution in [2.24, 2.45) is 0 Å². The summed E-state index contributed by atoms with van der Waals surface area (Å²) in [7, 11) is 0. The van der Waals surface area contributed by atoms with Crippen LogP contribution in [0.5, 0.6) is 0 Å². The number of carboxylic acid groups (broad SMARTS) is 2. The van der Waals surface area contributed by atoms with E-state index in [9.17, 15) is 14.4 Å². The van der Waals surface area contributed by atoms with E-state index in [0.29, 0.717) is 11.3 Å². The summed E-state index contributed by atoms with van der Waals surface area (Å²) in [6.45, 7) is 0. The maximum Gasteiger partial charge on any atom is 0.326 e. The lowest BCUT2D eigenvalue weighted by atomic mass is 10.1. The predicted octanol–water partition coefficient (Wildman–Crippen LogP) is 1.11. The van der Waals surface area contributed by atoms with Gasteiger partial charge in [-0.2, -0.15) is 0 Å². The SMILES string of the molecule is C#Cc1cccc(NC(=O)NC(CCC(=O)O)C(=O)O)c1. The number of carbonyl (C=O) groups is 3. The number of rotatable bonds is 6. The van der Waals surface area contributed by atoms with Crippen molar-refractivity contribution in [1.29, 1.82) is 0 Å². The minimum Gasteiger partial charge on any atom is -0.481 e. The molecule has 1 atom stereocenters. The van der Waals surface area contributed by atoms with Crippen LogP contribution in [0.3, 0.4) is 0 Å². The van der Waals surface area contributed by atoms with E-state index in [0.717, 1.165) is 0 Å². The highest BCUT2D eigenvalue weighted by Crippen LogP contribution is 2.09. The van der Waals surface area contributed by atoms with Crippen LogP contribution in [0.25, 0.3) is 0 Å². The van der Waals surface area contributed by atoms with Crippen LogP contribution in [0.1, 0.15) is 18.4 Å². The maximum absolute atomic E-state index is 11.7. The monoisotopic (exact) mass is 290 g/mol. The van der Waals surface area contributed by atoms with Crippen molar-refractivity contribution in [2.75, 3.05) is 5.32 Å². The zero-order valence-electron chi connectivity index (χ0n) is 11.0. The van der Waals surface area contributed by atoms with Crippen LogP contribution in [0.4, 0.5) is 10.5 Å². The van der Waals surface area contributed by atoms with Crippen LogP contribution in [0.2, 0.25) is 0 Å². The van der Waals surface area contributed by atoms with Crippen LogP contribution in [-0.2, 0) is 9.59 Å². The Balaban J connectivity index is 2.63. The Bertz CT molecular complexity index is 591. The van der Waals surface area contributed by atoms with Crippen molar-refractivity contribution in [3.05, 3.63) is 29.8 Å². The third-order valence-electron chi connectivity index (χ3n) is 2.54. The lowest BCUT2D eigenvalue weighted by molar-refractivity contribution is -0.140. The second-order valence-electron chi connectivity index (χ2n) is 4.15. The van der Waals surface area contributed by atoms with Gasteiger partial charge in [0.05, 0.1) is 0 Å². The van der Waals surface area contributed by atoms with E-state index in [1.54, 1.807) is 24.3 Å². The standard InChI is InChI=1S/C14H14N2O5/c1-2-9-4-3-5-10(8-9)15-14(21)16-11(13(19)20)6-7-12(17)18/h1,3-5,8,11H,6-7H2,(H,17,18)(H,19,20)(H2,15,16,21). The average Bonchev–Trinajstić information content (AvgIpc) is 2.43. The molecule has 0 heterocycles. The Morgan fingerprint density at radius 3 is 2.57 bits per heavy atom. The summed E-state index contributed by atoms with van der Waals surface area (Å²) in [6.07, 6.45) is 4.66. The van der Waals surface area contributed by atoms with E-state index in [-0.39, 0.29) is 12.8 Å². The molecule has 0 bridgehead atoms. The first kappa shape index (κ1) is 16.0. The number of benzene rings is 1. The first-order chi connectivity index (χ1) is 9.92. The zero-order valence-corrected chi connectivity index (χ0v) is 11.0. The zero-order chi connectivity index (χ0) is 15.8. The minimum atomic E-state index is -1.30. The normalized spacial score (nSPS) is 11.0. The molecule has 0 saturated heterocycles. The summed E-state index contributed by atoms with van der Waals surface area (Å²) in [4.78, 5) is 33.1. The molecule has 1 aromatic rings. The summed E-state index contributed by atoms with van der Waals surface area (Å²) in [5, 5.41) is 22.1. The topological polar surface area (TPSA) is 116 Å². The molecule has 0 aliphatic carbocycles. The minimum absolute atomic E-state index is 0.206. The maximum atomic E-state index is 11.7. The van der Waals surface area contributed by atoms with Gasteiger partial charge in [-0.15, -0.1) is 6.42 Å². The first-order valence-electron chi connectivity index (χ1n) is 6.01. The largest absolute Gasteiger partial charge is 0.481 e. The molecule has 1 unspecified atom stereocenters. The highest BCUT2D eigenvalue weighted by atomic mass is 16.4. The summed E-state index contributed by atoms with van der Waals surface area (Å²) in [5.41, 5.74) is 0.971. The van der Waals surface area contributed by atoms with Gasteiger partial charge in [-0.05, 0) is 24.6 Å². The lowest BCUT2D eigenvalue weighted by Gasteiger charge is -2.14. The first-order valence-corrected chi connectivity index (χ1v) is 6.01. The number of carboxylic acids is 2. The van der Waals surface area contributed by atoms with Gasteiger partial charge < -0.3 is 20.8 Å². The second kappa shape index (κ2) is 7.55. The van der Waals surface area contributed by atoms with Gasteiger partial charge in [0.2, 0.25) is 0 Å². The van der Waals surface area contributed by atoms with E-state index in [1.165, 1.54) is 0 Å². The average molecular weight is 290 g/mol. The van der Waals surface area contributed by atoms with Gasteiger partial charge in [0, 0.05) is 17.7 Å². The Hall–Kier alpha value is -3.01. The second-order valence-corrected chi connectivity index (χ2v) is 4.15. The molecule has 0 aliphatic heterocycles. The van der Waals surface area contributed by atoms with Gasteiger partial charge in [-0.25, -0.2) is 9.59 Å². The van der Waals surface area contributed by atoms with Gasteiger partial charge in [0.25, 0.3) is 0 Å². The molecule has 7 heteroatoms. The molecule has 7 nitrogen and oxygen atoms in total. The highest BCUT2D eigenvalue weighted by molar-refractivity contribution is 5.92. The summed E-state index contributed by atoms with van der Waals surface area (Å²) >= 11 is 0. The summed E-state index contributed by atoms with van der Waals surface area (Å²) in [6, 6.07) is 4.43. The van der Waals surface area contributed by atoms with E-state index in [2.05, 4.69) is 16.6 Å². The Morgan fingerprint density at radius 2 is 2.00 bits per heavy atom. The summed E-state index contributed by atoms with van der Waals surface area (Å²) < 4.78 is 0. The molecule has 21 heavy (non-hydrogen) atoms. The van der Waals surface area contributed by atoms with Gasteiger partial charge in [0.1, 0.15) is 6.04 Å². The Kier molecular flexibility index (Phi) is 5.77. The number of urea groups is 1. The third kappa shape index (κ3) is 5.65. The highest BCUT2D eigenvalue weighted by Gasteiger charge is 2.20. The van der Waals surface area contributed by atoms with Crippen LogP contribution < -0.4 is 10.6 Å². The molecule has 110 valence electrons. The number of hydrogen-bond donors (Lipinski definition) is 4. The fourth-order valence-electron chi connectivity index (χ4n) is 1.54. The smallest absolute Gasteiger partial charge is 0.326 e. The molecule has 1 rings (SSSR count). The van der Waals surface area contributed by atoms with Crippen molar-refractivity contribution in [3.8, 4) is 12.3 Å². The quantitative estimate of drug-likeness (QED) is 0.586. The van der Waals surface area contributed by atoms with Crippen molar-refractivity contribution in [2.45, 2.75) is 18.9 Å². The van der Waals surface area contributed by atoms with Gasteiger partial charge in [-0.1, -0.05) is 12.0 Å². The molecule has 0 radical (unpaired) electrons. The van der Waals surface area contributed by atoms with E-state index < -0.39 is 24.0 Å². The number of terminal acetylenes is 1. The van der Waals surface area contributed by atoms with Crippen molar-refractivity contribution >= 4 is 23.7 Å². The van der Waals surface area contributed by atoms with Crippen LogP contribution >= 0.6 is 0 Å². The number of amides is 2. The number of hydrogen-bond acceptors (Lipinski definition) is 3. The fourth-order valence-corrected chi connectivity index (χ4v) is 1.54. The molecule has 1 aromatic carbocycles. The molecule has 2 amide bonds. The fraction of sp³-hybridized carbons (Fsp3) is 0.214. The van der Waals surface area contributed by atoms with E-state index in [1.807, 2.05) is 0 Å². The number of aliphatic carboxylic acids is 2. The Morgan fingerprint density at radius 1 is 1.29 bits per heavy atom. The molecular weight excluding hydrogens is 276 g/mol. The van der Waals surface area contributed by atoms with E-state index in [4.69, 9.17) is 16.6 Å². The van der Waals surface area contributed by atoms with E-state index >= 15 is 0 Å². The third-order valence-corrected chi connectivity index (χ3v) is 2.54. The summed E-state index contributed by atoms with van der Waals surface area (Å²) in [5.74, 6) is -0.0349. The van der Waals surface area contributed by atoms with Gasteiger partial charge in [0.15, 0.2) is 0 Å².